The second kappa shape index (κ2) is 11.9. The molecule has 1 heterocycles. The summed E-state index contributed by atoms with van der Waals surface area (Å²) >= 11 is 0. The maximum Gasteiger partial charge on any atom is 0.264 e. The standard InChI is InChI=1S/C28H31N3O5S/c1-36-23-17-15-22(16-18-23)31(37(34,35)24-11-5-4-6-12-24)21-27(32)29-26-14-8-7-13-25(26)28(33)30-19-9-2-3-10-20-30/h4-8,11-18H,2-3,9-10,19-21H2,1H3,(H,29,32). The highest BCUT2D eigenvalue weighted by Gasteiger charge is 2.28. The van der Waals surface area contributed by atoms with Gasteiger partial charge in [0.1, 0.15) is 12.3 Å². The summed E-state index contributed by atoms with van der Waals surface area (Å²) < 4.78 is 33.3. The topological polar surface area (TPSA) is 96.0 Å². The van der Waals surface area contributed by atoms with Crippen LogP contribution in [0.15, 0.2) is 83.8 Å². The van der Waals surface area contributed by atoms with Crippen molar-refractivity contribution in [2.45, 2.75) is 30.6 Å². The lowest BCUT2D eigenvalue weighted by atomic mass is 10.1. The first-order chi connectivity index (χ1) is 17.9. The molecule has 1 fully saturated rings. The van der Waals surface area contributed by atoms with Crippen LogP contribution in [0.25, 0.3) is 0 Å². The quantitative estimate of drug-likeness (QED) is 0.469. The number of hydrogen-bond donors (Lipinski definition) is 1. The molecule has 194 valence electrons. The van der Waals surface area contributed by atoms with Gasteiger partial charge in [0, 0.05) is 13.1 Å². The van der Waals surface area contributed by atoms with Crippen molar-refractivity contribution in [2.75, 3.05) is 36.4 Å². The number of carbonyl (C=O) groups excluding carboxylic acids is 2. The van der Waals surface area contributed by atoms with Crippen LogP contribution in [-0.4, -0.2) is 51.9 Å². The van der Waals surface area contributed by atoms with Gasteiger partial charge in [-0.05, 0) is 61.4 Å². The van der Waals surface area contributed by atoms with Gasteiger partial charge in [0.25, 0.3) is 15.9 Å². The number of amides is 2. The minimum Gasteiger partial charge on any atom is -0.497 e. The summed E-state index contributed by atoms with van der Waals surface area (Å²) in [4.78, 5) is 28.4. The zero-order valence-electron chi connectivity index (χ0n) is 20.8. The van der Waals surface area contributed by atoms with Crippen LogP contribution < -0.4 is 14.4 Å². The summed E-state index contributed by atoms with van der Waals surface area (Å²) in [6.45, 7) is 0.888. The highest BCUT2D eigenvalue weighted by Crippen LogP contribution is 2.26. The molecule has 4 rings (SSSR count). The van der Waals surface area contributed by atoms with Crippen molar-refractivity contribution in [3.05, 3.63) is 84.4 Å². The van der Waals surface area contributed by atoms with E-state index < -0.39 is 22.5 Å². The number of ether oxygens (including phenoxy) is 1. The summed E-state index contributed by atoms with van der Waals surface area (Å²) in [5.41, 5.74) is 1.06. The number of hydrogen-bond acceptors (Lipinski definition) is 5. The lowest BCUT2D eigenvalue weighted by Gasteiger charge is -2.25. The largest absolute Gasteiger partial charge is 0.497 e. The van der Waals surface area contributed by atoms with E-state index in [4.69, 9.17) is 4.74 Å². The van der Waals surface area contributed by atoms with E-state index in [1.165, 1.54) is 19.2 Å². The Labute approximate surface area is 217 Å². The first kappa shape index (κ1) is 26.2. The molecule has 1 aliphatic heterocycles. The number of methoxy groups -OCH3 is 1. The number of carbonyl (C=O) groups is 2. The normalized spacial score (nSPS) is 13.9. The molecule has 3 aromatic carbocycles. The number of anilines is 2. The van der Waals surface area contributed by atoms with Crippen LogP contribution in [0.4, 0.5) is 11.4 Å². The number of benzene rings is 3. The number of para-hydroxylation sites is 1. The first-order valence-corrected chi connectivity index (χ1v) is 13.7. The molecule has 0 aromatic heterocycles. The predicted molar refractivity (Wildman–Crippen MR) is 143 cm³/mol. The van der Waals surface area contributed by atoms with Gasteiger partial charge < -0.3 is 15.0 Å². The van der Waals surface area contributed by atoms with Crippen molar-refractivity contribution < 1.29 is 22.7 Å². The molecular formula is C28H31N3O5S. The fourth-order valence-electron chi connectivity index (χ4n) is 4.33. The minimum absolute atomic E-state index is 0.0651. The molecule has 1 N–H and O–H groups in total. The molecular weight excluding hydrogens is 490 g/mol. The fraction of sp³-hybridized carbons (Fsp3) is 0.286. The third-order valence-corrected chi connectivity index (χ3v) is 8.09. The smallest absolute Gasteiger partial charge is 0.264 e. The third-order valence-electron chi connectivity index (χ3n) is 6.30. The van der Waals surface area contributed by atoms with Crippen LogP contribution in [0.2, 0.25) is 0 Å². The zero-order valence-corrected chi connectivity index (χ0v) is 21.6. The maximum atomic E-state index is 13.5. The third kappa shape index (κ3) is 6.29. The highest BCUT2D eigenvalue weighted by atomic mass is 32.2. The van der Waals surface area contributed by atoms with Crippen molar-refractivity contribution >= 4 is 33.2 Å². The Balaban J connectivity index is 1.60. The van der Waals surface area contributed by atoms with Gasteiger partial charge in [-0.2, -0.15) is 0 Å². The molecule has 1 aliphatic rings. The Morgan fingerprint density at radius 1 is 0.865 bits per heavy atom. The maximum absolute atomic E-state index is 13.5. The van der Waals surface area contributed by atoms with Crippen LogP contribution in [0.1, 0.15) is 36.0 Å². The van der Waals surface area contributed by atoms with E-state index in [-0.39, 0.29) is 10.8 Å². The molecule has 2 amide bonds. The van der Waals surface area contributed by atoms with Gasteiger partial charge in [-0.1, -0.05) is 43.2 Å². The van der Waals surface area contributed by atoms with Crippen LogP contribution in [0.5, 0.6) is 5.75 Å². The van der Waals surface area contributed by atoms with E-state index >= 15 is 0 Å². The Hall–Kier alpha value is -3.85. The van der Waals surface area contributed by atoms with E-state index in [1.54, 1.807) is 66.7 Å². The second-order valence-corrected chi connectivity index (χ2v) is 10.7. The molecule has 9 heteroatoms. The molecule has 37 heavy (non-hydrogen) atoms. The summed E-state index contributed by atoms with van der Waals surface area (Å²) in [6.07, 6.45) is 4.10. The molecule has 1 saturated heterocycles. The van der Waals surface area contributed by atoms with Gasteiger partial charge in [0.05, 0.1) is 28.9 Å². The van der Waals surface area contributed by atoms with Crippen molar-refractivity contribution in [1.82, 2.24) is 4.90 Å². The summed E-state index contributed by atoms with van der Waals surface area (Å²) in [5, 5.41) is 2.78. The Bertz CT molecular complexity index is 1320. The van der Waals surface area contributed by atoms with Crippen LogP contribution in [0, 0.1) is 0 Å². The van der Waals surface area contributed by atoms with E-state index in [0.29, 0.717) is 35.8 Å². The molecule has 0 spiro atoms. The van der Waals surface area contributed by atoms with Gasteiger partial charge in [-0.15, -0.1) is 0 Å². The number of rotatable bonds is 8. The van der Waals surface area contributed by atoms with E-state index in [2.05, 4.69) is 5.32 Å². The van der Waals surface area contributed by atoms with Crippen molar-refractivity contribution in [3.8, 4) is 5.75 Å². The van der Waals surface area contributed by atoms with Gasteiger partial charge in [-0.3, -0.25) is 13.9 Å². The Kier molecular flexibility index (Phi) is 8.45. The van der Waals surface area contributed by atoms with Gasteiger partial charge in [0.2, 0.25) is 5.91 Å². The molecule has 8 nitrogen and oxygen atoms in total. The fourth-order valence-corrected chi connectivity index (χ4v) is 5.77. The molecule has 3 aromatic rings. The SMILES string of the molecule is COc1ccc(N(CC(=O)Nc2ccccc2C(=O)N2CCCCCC2)S(=O)(=O)c2ccccc2)cc1. The molecule has 0 bridgehead atoms. The average molecular weight is 522 g/mol. The number of nitrogens with zero attached hydrogens (tertiary/aromatic N) is 2. The molecule has 0 radical (unpaired) electrons. The number of nitrogens with one attached hydrogen (secondary N) is 1. The molecule has 0 unspecified atom stereocenters. The average Bonchev–Trinajstić information content (AvgIpc) is 3.22. The van der Waals surface area contributed by atoms with Crippen LogP contribution in [0.3, 0.4) is 0 Å². The summed E-state index contributed by atoms with van der Waals surface area (Å²) in [6, 6.07) is 21.2. The van der Waals surface area contributed by atoms with Crippen LogP contribution in [-0.2, 0) is 14.8 Å². The second-order valence-electron chi connectivity index (χ2n) is 8.82. The lowest BCUT2D eigenvalue weighted by molar-refractivity contribution is -0.114. The van der Waals surface area contributed by atoms with E-state index in [0.717, 1.165) is 30.0 Å². The number of sulfonamides is 1. The van der Waals surface area contributed by atoms with Crippen molar-refractivity contribution in [1.29, 1.82) is 0 Å². The molecule has 0 atom stereocenters. The van der Waals surface area contributed by atoms with Gasteiger partial charge >= 0.3 is 0 Å². The van der Waals surface area contributed by atoms with Crippen molar-refractivity contribution in [3.63, 3.8) is 0 Å². The molecule has 0 saturated carbocycles. The predicted octanol–water partition coefficient (Wildman–Crippen LogP) is 4.55. The first-order valence-electron chi connectivity index (χ1n) is 12.3. The Morgan fingerprint density at radius 3 is 2.14 bits per heavy atom. The summed E-state index contributed by atoms with van der Waals surface area (Å²) in [7, 11) is -2.53. The molecule has 0 aliphatic carbocycles. The van der Waals surface area contributed by atoms with Gasteiger partial charge in [0.15, 0.2) is 0 Å². The van der Waals surface area contributed by atoms with E-state index in [9.17, 15) is 18.0 Å². The Morgan fingerprint density at radius 2 is 1.49 bits per heavy atom. The lowest BCUT2D eigenvalue weighted by Crippen LogP contribution is -2.38. The zero-order chi connectivity index (χ0) is 26.3. The summed E-state index contributed by atoms with van der Waals surface area (Å²) in [5.74, 6) is -0.139. The van der Waals surface area contributed by atoms with Gasteiger partial charge in [-0.25, -0.2) is 8.42 Å². The van der Waals surface area contributed by atoms with Crippen LogP contribution >= 0.6 is 0 Å². The monoisotopic (exact) mass is 521 g/mol. The van der Waals surface area contributed by atoms with E-state index in [1.807, 2.05) is 4.90 Å². The minimum atomic E-state index is -4.05. The number of likely N-dealkylation sites (tertiary alicyclic amines) is 1. The van der Waals surface area contributed by atoms with Crippen molar-refractivity contribution in [2.24, 2.45) is 0 Å². The highest BCUT2D eigenvalue weighted by molar-refractivity contribution is 7.92.